The van der Waals surface area contributed by atoms with Crippen LogP contribution in [-0.4, -0.2) is 53.8 Å². The molecule has 2 rings (SSSR count). The Morgan fingerprint density at radius 1 is 1.34 bits per heavy atom. The van der Waals surface area contributed by atoms with E-state index in [2.05, 4.69) is 33.0 Å². The third-order valence-electron chi connectivity index (χ3n) is 3.97. The second-order valence-electron chi connectivity index (χ2n) is 6.69. The zero-order chi connectivity index (χ0) is 26.7. The summed E-state index contributed by atoms with van der Waals surface area (Å²) in [7, 11) is -16.9. The number of azide groups is 1. The summed E-state index contributed by atoms with van der Waals surface area (Å²) in [5.74, 6) is -2.19. The second kappa shape index (κ2) is 10.8. The molecular weight excluding hydrogens is 543 g/mol. The minimum absolute atomic E-state index is 0.0924. The molecule has 6 N–H and O–H groups in total. The molecule has 1 aromatic heterocycles. The SMILES string of the molecule is [C-]#[N+]C(C)(N=[N+]=[N-])O[C@@H]1C[C@H](n2ccc(N)nc2=O)O[C@@H]1COP(=O)(O)OP(=O)(O)OP(=O)(O)O. The fourth-order valence-corrected chi connectivity index (χ4v) is 5.73. The first-order valence-corrected chi connectivity index (χ1v) is 13.4. The molecule has 6 atom stereocenters. The van der Waals surface area contributed by atoms with E-state index in [-0.39, 0.29) is 12.2 Å². The van der Waals surface area contributed by atoms with Crippen LogP contribution in [0.1, 0.15) is 19.6 Å². The second-order valence-corrected chi connectivity index (χ2v) is 11.1. The van der Waals surface area contributed by atoms with Gasteiger partial charge >= 0.3 is 35.0 Å². The van der Waals surface area contributed by atoms with Gasteiger partial charge in [-0.1, -0.05) is 0 Å². The summed E-state index contributed by atoms with van der Waals surface area (Å²) in [4.78, 5) is 57.2. The van der Waals surface area contributed by atoms with Crippen molar-refractivity contribution in [1.82, 2.24) is 9.55 Å². The predicted molar refractivity (Wildman–Crippen MR) is 110 cm³/mol. The molecule has 0 radical (unpaired) electrons. The van der Waals surface area contributed by atoms with E-state index in [0.717, 1.165) is 11.5 Å². The standard InChI is InChI=1S/C12H18N7O13P3/c1-12(15-2,17-18-14)30-7-5-10(19-4-3-9(13)16-11(19)20)29-8(7)6-28-34(24,25)32-35(26,27)31-33(21,22)23/h3-4,7-8,10H,5-6H2,1H3,(H,24,25)(H,26,27)(H2,13,16,20)(H2,21,22,23)/t7-,8-,10-,12?/m1/s1. The summed E-state index contributed by atoms with van der Waals surface area (Å²) in [5, 5.41) is 3.21. The van der Waals surface area contributed by atoms with Gasteiger partial charge in [-0.25, -0.2) is 25.1 Å². The van der Waals surface area contributed by atoms with Crippen molar-refractivity contribution in [2.45, 2.75) is 37.6 Å². The lowest BCUT2D eigenvalue weighted by molar-refractivity contribution is -0.0991. The van der Waals surface area contributed by atoms with Gasteiger partial charge in [-0.05, 0) is 11.6 Å². The van der Waals surface area contributed by atoms with Crippen molar-refractivity contribution in [2.24, 2.45) is 5.11 Å². The smallest absolute Gasteiger partial charge is 0.383 e. The minimum Gasteiger partial charge on any atom is -0.383 e. The summed E-state index contributed by atoms with van der Waals surface area (Å²) in [6, 6.07) is 1.27. The third-order valence-corrected chi connectivity index (χ3v) is 7.78. The number of nitrogens with zero attached hydrogens (tertiary/aromatic N) is 6. The molecule has 35 heavy (non-hydrogen) atoms. The number of phosphoric acid groups is 3. The van der Waals surface area contributed by atoms with E-state index in [0.29, 0.717) is 0 Å². The number of anilines is 1. The normalized spacial score (nSPS) is 25.4. The van der Waals surface area contributed by atoms with E-state index in [4.69, 9.17) is 37.1 Å². The monoisotopic (exact) mass is 561 g/mol. The number of hydrogen-bond acceptors (Lipinski definition) is 12. The highest BCUT2D eigenvalue weighted by Crippen LogP contribution is 2.66. The lowest BCUT2D eigenvalue weighted by Crippen LogP contribution is -2.35. The molecule has 1 saturated heterocycles. The van der Waals surface area contributed by atoms with E-state index in [9.17, 15) is 28.3 Å². The maximum atomic E-state index is 12.1. The molecule has 20 nitrogen and oxygen atoms in total. The van der Waals surface area contributed by atoms with Crippen LogP contribution in [0.25, 0.3) is 15.3 Å². The first-order chi connectivity index (χ1) is 16.0. The van der Waals surface area contributed by atoms with Crippen molar-refractivity contribution in [1.29, 1.82) is 0 Å². The van der Waals surface area contributed by atoms with Gasteiger partial charge in [0.05, 0.1) is 12.7 Å². The Kier molecular flexibility index (Phi) is 8.98. The van der Waals surface area contributed by atoms with Crippen LogP contribution < -0.4 is 11.4 Å². The van der Waals surface area contributed by atoms with Crippen LogP contribution in [0.3, 0.4) is 0 Å². The Morgan fingerprint density at radius 2 is 2.00 bits per heavy atom. The number of phosphoric ester groups is 1. The van der Waals surface area contributed by atoms with Gasteiger partial charge in [0.25, 0.3) is 0 Å². The fourth-order valence-electron chi connectivity index (χ4n) is 2.70. The molecule has 194 valence electrons. The Morgan fingerprint density at radius 3 is 2.54 bits per heavy atom. The average Bonchev–Trinajstić information content (AvgIpc) is 3.05. The Hall–Kier alpha value is -2.19. The van der Waals surface area contributed by atoms with Crippen LogP contribution in [0, 0.1) is 6.57 Å². The molecule has 1 aliphatic heterocycles. The fraction of sp³-hybridized carbons (Fsp3) is 0.583. The average molecular weight is 561 g/mol. The third kappa shape index (κ3) is 8.76. The molecule has 1 aromatic rings. The quantitative estimate of drug-likeness (QED) is 0.0818. The Bertz CT molecular complexity index is 1240. The first kappa shape index (κ1) is 29.0. The van der Waals surface area contributed by atoms with E-state index >= 15 is 0 Å². The number of nitrogen functional groups attached to an aromatic ring is 1. The highest BCUT2D eigenvalue weighted by molar-refractivity contribution is 7.66. The van der Waals surface area contributed by atoms with Crippen molar-refractivity contribution in [3.8, 4) is 0 Å². The summed E-state index contributed by atoms with van der Waals surface area (Å²) in [5.41, 5.74) is 13.3. The van der Waals surface area contributed by atoms with E-state index in [1.807, 2.05) is 0 Å². The maximum Gasteiger partial charge on any atom is 0.490 e. The molecule has 1 fully saturated rings. The summed E-state index contributed by atoms with van der Waals surface area (Å²) in [6.07, 6.45) is -2.75. The van der Waals surface area contributed by atoms with E-state index < -0.39 is 60.0 Å². The predicted octanol–water partition coefficient (Wildman–Crippen LogP) is 0.745. The lowest BCUT2D eigenvalue weighted by Gasteiger charge is -2.23. The van der Waals surface area contributed by atoms with Crippen LogP contribution >= 0.6 is 23.5 Å². The van der Waals surface area contributed by atoms with Crippen LogP contribution in [0.15, 0.2) is 22.2 Å². The number of ether oxygens (including phenoxy) is 2. The maximum absolute atomic E-state index is 12.1. The van der Waals surface area contributed by atoms with E-state index in [1.54, 1.807) is 0 Å². The molecule has 0 spiro atoms. The van der Waals surface area contributed by atoms with Gasteiger partial charge in [0, 0.05) is 29.6 Å². The van der Waals surface area contributed by atoms with Crippen molar-refractivity contribution in [3.05, 3.63) is 44.6 Å². The molecule has 0 amide bonds. The van der Waals surface area contributed by atoms with Gasteiger partial charge < -0.3 is 30.0 Å². The van der Waals surface area contributed by atoms with Gasteiger partial charge in [0.2, 0.25) is 0 Å². The summed E-state index contributed by atoms with van der Waals surface area (Å²) < 4.78 is 58.0. The van der Waals surface area contributed by atoms with Crippen LogP contribution in [0.5, 0.6) is 0 Å². The number of aromatic nitrogens is 2. The van der Waals surface area contributed by atoms with Gasteiger partial charge in [-0.15, -0.1) is 0 Å². The van der Waals surface area contributed by atoms with Crippen LogP contribution in [0.4, 0.5) is 5.82 Å². The molecule has 2 heterocycles. The topological polar surface area (TPSA) is 292 Å². The highest BCUT2D eigenvalue weighted by atomic mass is 31.3. The molecule has 0 aromatic carbocycles. The molecule has 23 heteroatoms. The van der Waals surface area contributed by atoms with Crippen LogP contribution in [-0.2, 0) is 36.3 Å². The van der Waals surface area contributed by atoms with Crippen molar-refractivity contribution >= 4 is 29.3 Å². The highest BCUT2D eigenvalue weighted by Gasteiger charge is 2.46. The van der Waals surface area contributed by atoms with Gasteiger partial charge in [0.1, 0.15) is 18.1 Å². The Balaban J connectivity index is 2.24. The van der Waals surface area contributed by atoms with Crippen LogP contribution in [0.2, 0.25) is 0 Å². The molecular formula is C12H18N7O13P3. The number of nitrogens with two attached hydrogens (primary N) is 1. The first-order valence-electron chi connectivity index (χ1n) is 8.89. The summed E-state index contributed by atoms with van der Waals surface area (Å²) in [6.45, 7) is 7.32. The van der Waals surface area contributed by atoms with Gasteiger partial charge in [0.15, 0.2) is 0 Å². The molecule has 0 bridgehead atoms. The minimum atomic E-state index is -5.76. The molecule has 0 saturated carbocycles. The summed E-state index contributed by atoms with van der Waals surface area (Å²) >= 11 is 0. The van der Waals surface area contributed by atoms with Crippen molar-refractivity contribution in [2.75, 3.05) is 12.3 Å². The molecule has 1 aliphatic rings. The van der Waals surface area contributed by atoms with Gasteiger partial charge in [-0.3, -0.25) is 18.7 Å². The van der Waals surface area contributed by atoms with E-state index in [1.165, 1.54) is 12.3 Å². The largest absolute Gasteiger partial charge is 0.490 e. The Labute approximate surface area is 195 Å². The number of hydrogen-bond donors (Lipinski definition) is 5. The zero-order valence-electron chi connectivity index (χ0n) is 17.4. The van der Waals surface area contributed by atoms with Crippen molar-refractivity contribution in [3.63, 3.8) is 0 Å². The molecule has 0 aliphatic carbocycles. The zero-order valence-corrected chi connectivity index (χ0v) is 20.0. The number of rotatable bonds is 11. The molecule has 3 unspecified atom stereocenters. The van der Waals surface area contributed by atoms with Gasteiger partial charge in [-0.2, -0.15) is 13.6 Å². The lowest BCUT2D eigenvalue weighted by atomic mass is 10.2. The van der Waals surface area contributed by atoms with Crippen molar-refractivity contribution < 1.29 is 55.9 Å².